The number of nitrogens with zero attached hydrogens (tertiary/aromatic N) is 4. The fourth-order valence-corrected chi connectivity index (χ4v) is 6.60. The van der Waals surface area contributed by atoms with Gasteiger partial charge in [0.05, 0.1) is 26.9 Å². The number of nitrogens with one attached hydrogen (secondary N) is 4. The predicted octanol–water partition coefficient (Wildman–Crippen LogP) is 11.3. The van der Waals surface area contributed by atoms with Gasteiger partial charge in [0.1, 0.15) is 17.1 Å². The van der Waals surface area contributed by atoms with E-state index in [2.05, 4.69) is 41.7 Å². The van der Waals surface area contributed by atoms with Crippen LogP contribution in [0.1, 0.15) is 52.6 Å². The van der Waals surface area contributed by atoms with Crippen LogP contribution in [0, 0.1) is 0 Å². The quantitative estimate of drug-likeness (QED) is 0.0379. The minimum absolute atomic E-state index is 0.0102. The van der Waals surface area contributed by atoms with Crippen LogP contribution >= 0.6 is 58.0 Å². The van der Waals surface area contributed by atoms with Crippen molar-refractivity contribution in [1.29, 1.82) is 0 Å². The number of amides is 4. The second kappa shape index (κ2) is 22.9. The Labute approximate surface area is 391 Å². The third-order valence-corrected chi connectivity index (χ3v) is 10.3. The number of alkyl halides is 3. The summed E-state index contributed by atoms with van der Waals surface area (Å²) < 4.78 is 5.69. The molecule has 64 heavy (non-hydrogen) atoms. The molecule has 0 saturated heterocycles. The van der Waals surface area contributed by atoms with E-state index in [4.69, 9.17) is 62.7 Å². The number of carbonyl (C=O) groups is 6. The van der Waals surface area contributed by atoms with Gasteiger partial charge in [-0.3, -0.25) is 28.8 Å². The molecule has 4 N–H and O–H groups in total. The molecule has 0 spiro atoms. The molecule has 0 aliphatic rings. The van der Waals surface area contributed by atoms with Gasteiger partial charge in [0, 0.05) is 34.9 Å². The fourth-order valence-electron chi connectivity index (χ4n) is 5.67. The maximum atomic E-state index is 13.5. The van der Waals surface area contributed by atoms with Gasteiger partial charge >= 0.3 is 0 Å². The van der Waals surface area contributed by atoms with Gasteiger partial charge in [0.25, 0.3) is 23.6 Å². The highest BCUT2D eigenvalue weighted by Crippen LogP contribution is 2.33. The topological polar surface area (TPSA) is 209 Å². The zero-order valence-corrected chi connectivity index (χ0v) is 37.8. The Balaban J connectivity index is 1.29. The van der Waals surface area contributed by atoms with Gasteiger partial charge in [-0.1, -0.05) is 71.2 Å². The van der Waals surface area contributed by atoms with Crippen molar-refractivity contribution in [3.63, 3.8) is 0 Å². The molecule has 0 radical (unpaired) electrons. The minimum Gasteiger partial charge on any atom is -0.473 e. The molecule has 15 nitrogen and oxygen atoms in total. The molecule has 0 fully saturated rings. The number of ether oxygens (including phenoxy) is 1. The number of rotatable bonds is 18. The molecule has 0 aliphatic carbocycles. The van der Waals surface area contributed by atoms with Gasteiger partial charge in [0.2, 0.25) is 12.1 Å². The maximum Gasteiger partial charge on any atom is 0.258 e. The lowest BCUT2D eigenvalue weighted by Gasteiger charge is -2.17. The molecular weight excluding hydrogens is 930 g/mol. The minimum atomic E-state index is -1.68. The molecule has 0 saturated carbocycles. The van der Waals surface area contributed by atoms with Gasteiger partial charge in [-0.05, 0) is 92.6 Å². The zero-order valence-electron chi connectivity index (χ0n) is 34.0. The molecule has 3 atom stereocenters. The number of Topliss-reactive ketones (excluding diaryl/α,β-unsaturated/α-hetero) is 2. The lowest BCUT2D eigenvalue weighted by molar-refractivity contribution is -0.127. The van der Waals surface area contributed by atoms with E-state index < -0.39 is 52.8 Å². The Hall–Kier alpha value is -6.23. The first-order valence-electron chi connectivity index (χ1n) is 19.0. The van der Waals surface area contributed by atoms with Crippen molar-refractivity contribution in [2.75, 3.05) is 21.3 Å². The van der Waals surface area contributed by atoms with Gasteiger partial charge in [0.15, 0.2) is 17.1 Å². The Morgan fingerprint density at radius 3 is 1.45 bits per heavy atom. The zero-order chi connectivity index (χ0) is 46.5. The van der Waals surface area contributed by atoms with Crippen LogP contribution in [0.5, 0.6) is 5.75 Å². The summed E-state index contributed by atoms with van der Waals surface area (Å²) in [6, 6.07) is 23.4. The standard InChI is InChI=1S/C44H37Cl5N8O7/c1-23(58)39(56-54-34-14-6-12-31(37(34)48)41(60)50-28-10-4-8-26(18-28)21-45)43(62)52-30-16-17-33(36(20-30)64-25(3)47)53-44(63)40(24(2)59)57-55-35-15-7-13-32(38(35)49)42(61)51-29-11-5-9-27(19-29)22-46/h4-20,25,39-40H,21-22H2,1-3H3,(H,50,60)(H,51,61)(H,52,62)(H,53,63). The normalized spacial score (nSPS) is 12.6. The van der Waals surface area contributed by atoms with E-state index >= 15 is 0 Å². The highest BCUT2D eigenvalue weighted by atomic mass is 35.5. The van der Waals surface area contributed by atoms with Gasteiger partial charge in [-0.15, -0.1) is 23.2 Å². The van der Waals surface area contributed by atoms with Crippen LogP contribution in [0.25, 0.3) is 0 Å². The van der Waals surface area contributed by atoms with E-state index in [1.54, 1.807) is 48.5 Å². The Bertz CT molecular complexity index is 2660. The Morgan fingerprint density at radius 1 is 0.578 bits per heavy atom. The number of azo groups is 2. The van der Waals surface area contributed by atoms with Crippen molar-refractivity contribution in [1.82, 2.24) is 0 Å². The van der Waals surface area contributed by atoms with Crippen LogP contribution in [0.2, 0.25) is 10.0 Å². The summed E-state index contributed by atoms with van der Waals surface area (Å²) in [6.45, 7) is 3.77. The lowest BCUT2D eigenvalue weighted by Crippen LogP contribution is -2.32. The largest absolute Gasteiger partial charge is 0.473 e. The average molecular weight is 967 g/mol. The van der Waals surface area contributed by atoms with Crippen molar-refractivity contribution >= 4 is 127 Å². The molecule has 0 aliphatic heterocycles. The molecule has 4 amide bonds. The van der Waals surface area contributed by atoms with Crippen molar-refractivity contribution in [2.45, 2.75) is 50.2 Å². The molecule has 0 aromatic heterocycles. The van der Waals surface area contributed by atoms with Crippen molar-refractivity contribution in [3.8, 4) is 5.75 Å². The maximum absolute atomic E-state index is 13.5. The highest BCUT2D eigenvalue weighted by molar-refractivity contribution is 6.37. The van der Waals surface area contributed by atoms with Crippen LogP contribution in [0.15, 0.2) is 124 Å². The molecule has 5 aromatic carbocycles. The number of hydrogen-bond acceptors (Lipinski definition) is 11. The second-order valence-electron chi connectivity index (χ2n) is 13.7. The van der Waals surface area contributed by atoms with E-state index in [-0.39, 0.29) is 61.4 Å². The number of hydrogen-bond donors (Lipinski definition) is 4. The second-order valence-corrected chi connectivity index (χ2v) is 15.6. The van der Waals surface area contributed by atoms with Gasteiger partial charge in [-0.25, -0.2) is 0 Å². The third-order valence-electron chi connectivity index (χ3n) is 8.75. The summed E-state index contributed by atoms with van der Waals surface area (Å²) >= 11 is 31.0. The number of carbonyl (C=O) groups excluding carboxylic acids is 6. The van der Waals surface area contributed by atoms with Gasteiger partial charge in [-0.2, -0.15) is 20.5 Å². The Kier molecular flexibility index (Phi) is 17.5. The van der Waals surface area contributed by atoms with E-state index in [1.807, 2.05) is 0 Å². The van der Waals surface area contributed by atoms with Crippen LogP contribution in [-0.4, -0.2) is 52.8 Å². The smallest absolute Gasteiger partial charge is 0.258 e. The Morgan fingerprint density at radius 2 is 1.02 bits per heavy atom. The van der Waals surface area contributed by atoms with Crippen LogP contribution in [0.3, 0.4) is 0 Å². The summed E-state index contributed by atoms with van der Waals surface area (Å²) in [5.74, 6) is -3.78. The summed E-state index contributed by atoms with van der Waals surface area (Å²) in [5.41, 5.74) is 1.89. The van der Waals surface area contributed by atoms with Crippen LogP contribution < -0.4 is 26.0 Å². The number of ketones is 2. The summed E-state index contributed by atoms with van der Waals surface area (Å²) in [4.78, 5) is 78.3. The van der Waals surface area contributed by atoms with Crippen LogP contribution in [0.4, 0.5) is 34.1 Å². The highest BCUT2D eigenvalue weighted by Gasteiger charge is 2.27. The molecule has 330 valence electrons. The molecule has 0 heterocycles. The molecule has 0 bridgehead atoms. The van der Waals surface area contributed by atoms with Crippen molar-refractivity contribution < 1.29 is 33.5 Å². The van der Waals surface area contributed by atoms with Crippen LogP contribution in [-0.2, 0) is 30.9 Å². The van der Waals surface area contributed by atoms with Gasteiger partial charge < -0.3 is 26.0 Å². The molecule has 5 aromatic rings. The lowest BCUT2D eigenvalue weighted by atomic mass is 10.1. The first-order chi connectivity index (χ1) is 30.6. The first kappa shape index (κ1) is 48.8. The molecule has 5 rings (SSSR count). The SMILES string of the molecule is CC(=O)C(N=Nc1cccc(C(=O)Nc2cccc(CCl)c2)c1Cl)C(=O)Nc1ccc(NC(=O)C(N=Nc2cccc(C(=O)Nc3cccc(CCl)c3)c2Cl)C(C)=O)c(OC(C)Cl)c1. The number of anilines is 4. The first-order valence-corrected chi connectivity index (χ1v) is 21.2. The fraction of sp³-hybridized carbons (Fsp3) is 0.182. The average Bonchev–Trinajstić information content (AvgIpc) is 3.25. The summed E-state index contributed by atoms with van der Waals surface area (Å²) in [5, 5.41) is 26.4. The monoisotopic (exact) mass is 964 g/mol. The molecule has 3 unspecified atom stereocenters. The van der Waals surface area contributed by atoms with E-state index in [0.29, 0.717) is 11.4 Å². The third kappa shape index (κ3) is 13.2. The summed E-state index contributed by atoms with van der Waals surface area (Å²) in [6.07, 6.45) is 0. The summed E-state index contributed by atoms with van der Waals surface area (Å²) in [7, 11) is 0. The molecular formula is C44H37Cl5N8O7. The van der Waals surface area contributed by atoms with E-state index in [9.17, 15) is 28.8 Å². The predicted molar refractivity (Wildman–Crippen MR) is 248 cm³/mol. The molecule has 20 heteroatoms. The number of halogens is 5. The van der Waals surface area contributed by atoms with E-state index in [1.165, 1.54) is 61.5 Å². The van der Waals surface area contributed by atoms with Crippen molar-refractivity contribution in [2.24, 2.45) is 20.5 Å². The van der Waals surface area contributed by atoms with E-state index in [0.717, 1.165) is 25.0 Å². The number of benzene rings is 5. The van der Waals surface area contributed by atoms with Crippen molar-refractivity contribution in [3.05, 3.63) is 135 Å².